The third-order valence-corrected chi connectivity index (χ3v) is 6.59. The molecule has 0 bridgehead atoms. The molecule has 0 atom stereocenters. The van der Waals surface area contributed by atoms with Gasteiger partial charge in [0.15, 0.2) is 5.78 Å². The second-order valence-electron chi connectivity index (χ2n) is 6.62. The fourth-order valence-corrected chi connectivity index (χ4v) is 4.94. The Balaban J connectivity index is 1.95. The summed E-state index contributed by atoms with van der Waals surface area (Å²) < 4.78 is 32.7. The molecule has 0 spiro atoms. The Hall–Kier alpha value is -3.51. The Bertz CT molecular complexity index is 1310. The Labute approximate surface area is 174 Å². The van der Waals surface area contributed by atoms with Gasteiger partial charge in [-0.2, -0.15) is 0 Å². The summed E-state index contributed by atoms with van der Waals surface area (Å²) in [4.78, 5) is 17.6. The highest BCUT2D eigenvalue weighted by Crippen LogP contribution is 2.32. The number of benzene rings is 3. The third-order valence-electron chi connectivity index (χ3n) is 4.72. The molecule has 4 aromatic rings. The molecule has 30 heavy (non-hydrogen) atoms. The summed E-state index contributed by atoms with van der Waals surface area (Å²) in [5, 5.41) is 0.410. The maximum atomic E-state index is 13.7. The molecule has 0 N–H and O–H groups in total. The van der Waals surface area contributed by atoms with E-state index in [1.165, 1.54) is 18.3 Å². The van der Waals surface area contributed by atoms with Crippen molar-refractivity contribution in [2.24, 2.45) is 0 Å². The highest BCUT2D eigenvalue weighted by molar-refractivity contribution is 7.91. The van der Waals surface area contributed by atoms with E-state index in [0.29, 0.717) is 28.8 Å². The molecule has 0 fully saturated rings. The monoisotopic (exact) mass is 417 g/mol. The van der Waals surface area contributed by atoms with E-state index < -0.39 is 15.6 Å². The normalized spacial score (nSPS) is 11.4. The number of sulfone groups is 1. The van der Waals surface area contributed by atoms with Crippen molar-refractivity contribution < 1.29 is 17.9 Å². The van der Waals surface area contributed by atoms with Crippen LogP contribution in [0.2, 0.25) is 0 Å². The number of ether oxygens (including phenoxy) is 1. The fourth-order valence-electron chi connectivity index (χ4n) is 3.31. The van der Waals surface area contributed by atoms with Gasteiger partial charge in [-0.3, -0.25) is 9.78 Å². The van der Waals surface area contributed by atoms with Crippen molar-refractivity contribution in [3.8, 4) is 5.75 Å². The van der Waals surface area contributed by atoms with Crippen LogP contribution in [0, 0.1) is 0 Å². The first-order chi connectivity index (χ1) is 14.5. The van der Waals surface area contributed by atoms with Crippen molar-refractivity contribution in [1.82, 2.24) is 4.98 Å². The summed E-state index contributed by atoms with van der Waals surface area (Å²) in [6, 6.07) is 21.7. The zero-order chi connectivity index (χ0) is 21.1. The number of pyridine rings is 1. The SMILES string of the molecule is CCOc1ccc(S(=O)(=O)c2c(C(=O)c3ccccc3)cnc3ccccc23)cc1. The van der Waals surface area contributed by atoms with E-state index in [2.05, 4.69) is 4.98 Å². The minimum Gasteiger partial charge on any atom is -0.494 e. The van der Waals surface area contributed by atoms with Crippen molar-refractivity contribution in [2.45, 2.75) is 16.7 Å². The third kappa shape index (κ3) is 3.57. The molecule has 0 unspecified atom stereocenters. The number of hydrogen-bond donors (Lipinski definition) is 0. The Kier molecular flexibility index (Phi) is 5.33. The van der Waals surface area contributed by atoms with E-state index in [4.69, 9.17) is 4.74 Å². The molecule has 5 nitrogen and oxygen atoms in total. The lowest BCUT2D eigenvalue weighted by Gasteiger charge is -2.13. The number of fused-ring (bicyclic) bond motifs is 1. The van der Waals surface area contributed by atoms with E-state index in [-0.39, 0.29) is 15.4 Å². The first-order valence-corrected chi connectivity index (χ1v) is 11.0. The molecule has 0 radical (unpaired) electrons. The van der Waals surface area contributed by atoms with Crippen LogP contribution in [-0.4, -0.2) is 25.8 Å². The molecule has 0 aliphatic heterocycles. The average molecular weight is 417 g/mol. The van der Waals surface area contributed by atoms with Crippen LogP contribution in [0.3, 0.4) is 0 Å². The summed E-state index contributed by atoms with van der Waals surface area (Å²) in [7, 11) is -4.00. The van der Waals surface area contributed by atoms with Crippen LogP contribution < -0.4 is 4.74 Å². The van der Waals surface area contributed by atoms with Crippen molar-refractivity contribution >= 4 is 26.5 Å². The largest absolute Gasteiger partial charge is 0.494 e. The predicted molar refractivity (Wildman–Crippen MR) is 115 cm³/mol. The molecule has 150 valence electrons. The van der Waals surface area contributed by atoms with Crippen molar-refractivity contribution in [2.75, 3.05) is 6.61 Å². The summed E-state index contributed by atoms with van der Waals surface area (Å²) in [6.07, 6.45) is 1.35. The van der Waals surface area contributed by atoms with Crippen LogP contribution in [0.1, 0.15) is 22.8 Å². The number of ketones is 1. The molecule has 4 rings (SSSR count). The number of aromatic nitrogens is 1. The van der Waals surface area contributed by atoms with Crippen molar-refractivity contribution in [3.05, 3.63) is 96.2 Å². The molecular weight excluding hydrogens is 398 g/mol. The molecular formula is C24H19NO4S. The van der Waals surface area contributed by atoms with Crippen LogP contribution in [-0.2, 0) is 9.84 Å². The van der Waals surface area contributed by atoms with Gasteiger partial charge >= 0.3 is 0 Å². The summed E-state index contributed by atoms with van der Waals surface area (Å²) in [6.45, 7) is 2.34. The lowest BCUT2D eigenvalue weighted by molar-refractivity contribution is 0.103. The summed E-state index contributed by atoms with van der Waals surface area (Å²) in [5.41, 5.74) is 0.957. The number of para-hydroxylation sites is 1. The molecule has 0 amide bonds. The van der Waals surface area contributed by atoms with Gasteiger partial charge in [0.05, 0.1) is 27.5 Å². The number of hydrogen-bond acceptors (Lipinski definition) is 5. The van der Waals surface area contributed by atoms with E-state index in [1.54, 1.807) is 66.7 Å². The summed E-state index contributed by atoms with van der Waals surface area (Å²) in [5.74, 6) is 0.190. The highest BCUT2D eigenvalue weighted by Gasteiger charge is 2.28. The lowest BCUT2D eigenvalue weighted by atomic mass is 10.0. The van der Waals surface area contributed by atoms with Gasteiger partial charge in [-0.15, -0.1) is 0 Å². The Morgan fingerprint density at radius 3 is 2.27 bits per heavy atom. The average Bonchev–Trinajstić information content (AvgIpc) is 2.79. The molecule has 3 aromatic carbocycles. The standard InChI is InChI=1S/C24H19NO4S/c1-2-29-18-12-14-19(15-13-18)30(27,28)24-20-10-6-7-11-22(20)25-16-21(24)23(26)17-8-4-3-5-9-17/h3-16H,2H2,1H3. The zero-order valence-electron chi connectivity index (χ0n) is 16.3. The Morgan fingerprint density at radius 2 is 1.57 bits per heavy atom. The van der Waals surface area contributed by atoms with Crippen LogP contribution in [0.5, 0.6) is 5.75 Å². The van der Waals surface area contributed by atoms with E-state index >= 15 is 0 Å². The maximum absolute atomic E-state index is 13.7. The van der Waals surface area contributed by atoms with Crippen LogP contribution in [0.15, 0.2) is 94.9 Å². The topological polar surface area (TPSA) is 73.3 Å². The number of carbonyl (C=O) groups excluding carboxylic acids is 1. The maximum Gasteiger partial charge on any atom is 0.208 e. The second kappa shape index (κ2) is 8.08. The summed E-state index contributed by atoms with van der Waals surface area (Å²) >= 11 is 0. The van der Waals surface area contributed by atoms with Gasteiger partial charge in [-0.25, -0.2) is 8.42 Å². The van der Waals surface area contributed by atoms with Gasteiger partial charge in [0.2, 0.25) is 9.84 Å². The van der Waals surface area contributed by atoms with Gasteiger partial charge in [-0.1, -0.05) is 48.5 Å². The highest BCUT2D eigenvalue weighted by atomic mass is 32.2. The molecule has 0 aliphatic carbocycles. The molecule has 0 saturated heterocycles. The zero-order valence-corrected chi connectivity index (χ0v) is 17.1. The second-order valence-corrected chi connectivity index (χ2v) is 8.51. The van der Waals surface area contributed by atoms with E-state index in [0.717, 1.165) is 0 Å². The van der Waals surface area contributed by atoms with Crippen molar-refractivity contribution in [1.29, 1.82) is 0 Å². The number of carbonyl (C=O) groups is 1. The number of rotatable bonds is 6. The molecule has 1 heterocycles. The first-order valence-electron chi connectivity index (χ1n) is 9.48. The number of nitrogens with zero attached hydrogens (tertiary/aromatic N) is 1. The quantitative estimate of drug-likeness (QED) is 0.425. The fraction of sp³-hybridized carbons (Fsp3) is 0.0833. The van der Waals surface area contributed by atoms with E-state index in [1.807, 2.05) is 6.92 Å². The van der Waals surface area contributed by atoms with Gasteiger partial charge in [0.1, 0.15) is 5.75 Å². The predicted octanol–water partition coefficient (Wildman–Crippen LogP) is 4.70. The first kappa shape index (κ1) is 19.8. The van der Waals surface area contributed by atoms with Crippen LogP contribution in [0.25, 0.3) is 10.9 Å². The van der Waals surface area contributed by atoms with Gasteiger partial charge in [0, 0.05) is 17.1 Å². The van der Waals surface area contributed by atoms with Gasteiger partial charge in [-0.05, 0) is 37.3 Å². The molecule has 1 aromatic heterocycles. The van der Waals surface area contributed by atoms with Crippen LogP contribution in [0.4, 0.5) is 0 Å². The Morgan fingerprint density at radius 1 is 0.900 bits per heavy atom. The minimum atomic E-state index is -4.00. The molecule has 0 saturated carbocycles. The van der Waals surface area contributed by atoms with Crippen molar-refractivity contribution in [3.63, 3.8) is 0 Å². The minimum absolute atomic E-state index is 0.0360. The lowest BCUT2D eigenvalue weighted by Crippen LogP contribution is -2.12. The van der Waals surface area contributed by atoms with Gasteiger partial charge < -0.3 is 4.74 Å². The molecule has 6 heteroatoms. The molecule has 0 aliphatic rings. The van der Waals surface area contributed by atoms with E-state index in [9.17, 15) is 13.2 Å². The van der Waals surface area contributed by atoms with Gasteiger partial charge in [0.25, 0.3) is 0 Å². The smallest absolute Gasteiger partial charge is 0.208 e. The van der Waals surface area contributed by atoms with Crippen LogP contribution >= 0.6 is 0 Å².